The molecule has 4 aromatic heterocycles. The molecule has 2 fully saturated rings. The molecule has 2 aliphatic rings. The van der Waals surface area contributed by atoms with E-state index in [-0.39, 0.29) is 5.60 Å². The van der Waals surface area contributed by atoms with Gasteiger partial charge in [0, 0.05) is 42.2 Å². The first-order valence-electron chi connectivity index (χ1n) is 12.0. The number of nitrogens with zero attached hydrogens (tertiary/aromatic N) is 5. The van der Waals surface area contributed by atoms with Gasteiger partial charge in [-0.15, -0.1) is 0 Å². The molecule has 9 nitrogen and oxygen atoms in total. The molecule has 2 aliphatic heterocycles. The fraction of sp³-hybridized carbons (Fsp3) is 0.333. The van der Waals surface area contributed by atoms with Crippen LogP contribution >= 0.6 is 0 Å². The monoisotopic (exact) mass is 481 g/mol. The number of hydrogen-bond donors (Lipinski definition) is 2. The average Bonchev–Trinajstić information content (AvgIpc) is 3.56. The molecule has 2 N–H and O–H groups in total. The summed E-state index contributed by atoms with van der Waals surface area (Å²) < 4.78 is 14.2. The van der Waals surface area contributed by atoms with E-state index >= 15 is 0 Å². The highest BCUT2D eigenvalue weighted by Crippen LogP contribution is 2.35. The Morgan fingerprint density at radius 2 is 2.14 bits per heavy atom. The van der Waals surface area contributed by atoms with Crippen LogP contribution in [0.1, 0.15) is 30.6 Å². The lowest BCUT2D eigenvalue weighted by molar-refractivity contribution is -0.0363. The summed E-state index contributed by atoms with van der Waals surface area (Å²) in [7, 11) is 0. The van der Waals surface area contributed by atoms with Crippen LogP contribution in [-0.4, -0.2) is 56.0 Å². The van der Waals surface area contributed by atoms with E-state index in [0.717, 1.165) is 41.9 Å². The lowest BCUT2D eigenvalue weighted by Crippen LogP contribution is -2.43. The molecule has 2 saturated heterocycles. The third-order valence-electron chi connectivity index (χ3n) is 6.53. The van der Waals surface area contributed by atoms with Crippen LogP contribution in [-0.2, 0) is 4.74 Å². The molecule has 182 valence electrons. The number of ether oxygens (including phenoxy) is 2. The number of anilines is 2. The topological polar surface area (TPSA) is 98.5 Å². The van der Waals surface area contributed by atoms with Gasteiger partial charge in [0.25, 0.3) is 0 Å². The minimum Gasteiger partial charge on any atom is -0.488 e. The van der Waals surface area contributed by atoms with E-state index in [1.165, 1.54) is 0 Å². The summed E-state index contributed by atoms with van der Waals surface area (Å²) in [6.07, 6.45) is 4.66. The number of fused-ring (bicyclic) bond motifs is 3. The molecule has 9 heteroatoms. The van der Waals surface area contributed by atoms with Crippen molar-refractivity contribution in [2.75, 3.05) is 25.1 Å². The number of nitrogens with one attached hydrogen (secondary N) is 2. The zero-order chi connectivity index (χ0) is 24.7. The van der Waals surface area contributed by atoms with Crippen molar-refractivity contribution in [3.63, 3.8) is 0 Å². The van der Waals surface area contributed by atoms with Gasteiger partial charge >= 0.3 is 0 Å². The van der Waals surface area contributed by atoms with Crippen molar-refractivity contribution in [3.8, 4) is 28.7 Å². The minimum atomic E-state index is -0.266. The molecule has 0 radical (unpaired) electrons. The molecule has 2 unspecified atom stereocenters. The van der Waals surface area contributed by atoms with Crippen LogP contribution in [0, 0.1) is 25.7 Å². The Kier molecular flexibility index (Phi) is 5.55. The molecular weight excluding hydrogens is 454 g/mol. The van der Waals surface area contributed by atoms with Crippen molar-refractivity contribution in [1.29, 1.82) is 0 Å². The van der Waals surface area contributed by atoms with Gasteiger partial charge in [0.2, 0.25) is 0 Å². The molecule has 2 atom stereocenters. The summed E-state index contributed by atoms with van der Waals surface area (Å²) in [6, 6.07) is 10.4. The van der Waals surface area contributed by atoms with Crippen molar-refractivity contribution >= 4 is 17.2 Å². The number of aryl methyl sites for hydroxylation is 2. The normalized spacial score (nSPS) is 20.4. The van der Waals surface area contributed by atoms with Crippen LogP contribution in [0.4, 0.5) is 11.6 Å². The second kappa shape index (κ2) is 8.90. The summed E-state index contributed by atoms with van der Waals surface area (Å²) in [5.41, 5.74) is 4.19. The van der Waals surface area contributed by atoms with Gasteiger partial charge in [-0.05, 0) is 56.9 Å². The molecule has 0 spiro atoms. The van der Waals surface area contributed by atoms with Gasteiger partial charge < -0.3 is 20.1 Å². The van der Waals surface area contributed by atoms with E-state index < -0.39 is 0 Å². The molecule has 6 rings (SSSR count). The van der Waals surface area contributed by atoms with Crippen LogP contribution in [0.15, 0.2) is 42.7 Å². The van der Waals surface area contributed by atoms with Crippen LogP contribution in [0.25, 0.3) is 16.6 Å². The van der Waals surface area contributed by atoms with Crippen molar-refractivity contribution in [3.05, 3.63) is 59.9 Å². The van der Waals surface area contributed by atoms with Gasteiger partial charge in [-0.3, -0.25) is 0 Å². The Bertz CT molecular complexity index is 1490. The van der Waals surface area contributed by atoms with E-state index in [0.29, 0.717) is 41.6 Å². The van der Waals surface area contributed by atoms with E-state index in [4.69, 9.17) is 9.47 Å². The van der Waals surface area contributed by atoms with Gasteiger partial charge in [-0.2, -0.15) is 5.10 Å². The first-order chi connectivity index (χ1) is 17.5. The quantitative estimate of drug-likeness (QED) is 0.404. The average molecular weight is 482 g/mol. The smallest absolute Gasteiger partial charge is 0.154 e. The van der Waals surface area contributed by atoms with Crippen molar-refractivity contribution in [2.45, 2.75) is 38.8 Å². The SMILES string of the molecule is CC#Cc1cc(-c2ccn3nc(Nc4cc(C)nc(C)n4)cc3c2)c(OCC23CNC(CO2)C3)cn1. The third-order valence-corrected chi connectivity index (χ3v) is 6.53. The van der Waals surface area contributed by atoms with Gasteiger partial charge in [0.1, 0.15) is 35.3 Å². The first kappa shape index (κ1) is 22.5. The van der Waals surface area contributed by atoms with Crippen molar-refractivity contribution < 1.29 is 9.47 Å². The van der Waals surface area contributed by atoms with E-state index in [9.17, 15) is 0 Å². The van der Waals surface area contributed by atoms with Crippen molar-refractivity contribution in [2.24, 2.45) is 0 Å². The Morgan fingerprint density at radius 3 is 2.89 bits per heavy atom. The third kappa shape index (κ3) is 4.37. The molecule has 0 amide bonds. The second-order valence-electron chi connectivity index (χ2n) is 9.39. The molecule has 36 heavy (non-hydrogen) atoms. The second-order valence-corrected chi connectivity index (χ2v) is 9.39. The Hall–Kier alpha value is -4.00. The van der Waals surface area contributed by atoms with Crippen LogP contribution < -0.4 is 15.4 Å². The highest BCUT2D eigenvalue weighted by Gasteiger charge is 2.47. The summed E-state index contributed by atoms with van der Waals surface area (Å²) >= 11 is 0. The van der Waals surface area contributed by atoms with Crippen LogP contribution in [0.2, 0.25) is 0 Å². The van der Waals surface area contributed by atoms with Crippen molar-refractivity contribution in [1.82, 2.24) is 29.9 Å². The lowest BCUT2D eigenvalue weighted by atomic mass is 10.0. The highest BCUT2D eigenvalue weighted by atomic mass is 16.6. The molecule has 6 heterocycles. The molecule has 0 saturated carbocycles. The summed E-state index contributed by atoms with van der Waals surface area (Å²) in [4.78, 5) is 13.3. The van der Waals surface area contributed by atoms with Crippen LogP contribution in [0.3, 0.4) is 0 Å². The largest absolute Gasteiger partial charge is 0.488 e. The predicted molar refractivity (Wildman–Crippen MR) is 136 cm³/mol. The Labute approximate surface area is 209 Å². The minimum absolute atomic E-state index is 0.266. The zero-order valence-electron chi connectivity index (χ0n) is 20.5. The standard InChI is InChI=1S/C27H27N7O2/c1-4-5-20-10-23(24(13-28-20)35-16-27-12-21(14-36-27)29-15-27)19-6-7-34-22(9-19)11-26(33-34)32-25-8-17(2)30-18(3)31-25/h6-11,13,21,29H,12,14-16H2,1-3H3,(H,30,31,32,33). The van der Waals surface area contributed by atoms with Gasteiger partial charge in [0.05, 0.1) is 18.3 Å². The zero-order valence-corrected chi connectivity index (χ0v) is 20.5. The maximum Gasteiger partial charge on any atom is 0.154 e. The highest BCUT2D eigenvalue weighted by molar-refractivity contribution is 5.75. The Morgan fingerprint density at radius 1 is 1.22 bits per heavy atom. The van der Waals surface area contributed by atoms with Gasteiger partial charge in [-0.25, -0.2) is 19.5 Å². The molecule has 0 aliphatic carbocycles. The van der Waals surface area contributed by atoms with E-state index in [1.807, 2.05) is 48.8 Å². The van der Waals surface area contributed by atoms with E-state index in [2.05, 4.69) is 48.6 Å². The molecular formula is C27H27N7O2. The Balaban J connectivity index is 1.31. The fourth-order valence-corrected chi connectivity index (χ4v) is 4.90. The first-order valence-corrected chi connectivity index (χ1v) is 12.0. The van der Waals surface area contributed by atoms with Crippen LogP contribution in [0.5, 0.6) is 5.75 Å². The lowest BCUT2D eigenvalue weighted by Gasteiger charge is -2.27. The summed E-state index contributed by atoms with van der Waals surface area (Å²) in [5.74, 6) is 8.82. The number of rotatable bonds is 6. The number of aromatic nitrogens is 5. The van der Waals surface area contributed by atoms with Gasteiger partial charge in [0.15, 0.2) is 5.82 Å². The summed E-state index contributed by atoms with van der Waals surface area (Å²) in [6.45, 7) is 7.65. The van der Waals surface area contributed by atoms with Gasteiger partial charge in [-0.1, -0.05) is 5.92 Å². The van der Waals surface area contributed by atoms with E-state index in [1.54, 1.807) is 13.1 Å². The number of morpholine rings is 1. The maximum atomic E-state index is 6.32. The predicted octanol–water partition coefficient (Wildman–Crippen LogP) is 3.43. The number of pyridine rings is 2. The summed E-state index contributed by atoms with van der Waals surface area (Å²) in [5, 5.41) is 11.4. The molecule has 2 bridgehead atoms. The molecule has 0 aromatic carbocycles. The maximum absolute atomic E-state index is 6.32. The fourth-order valence-electron chi connectivity index (χ4n) is 4.90. The molecule has 4 aromatic rings. The number of hydrogen-bond acceptors (Lipinski definition) is 8.